The minimum atomic E-state index is -5.04. The summed E-state index contributed by atoms with van der Waals surface area (Å²) in [6.07, 6.45) is 2.38. The lowest BCUT2D eigenvalue weighted by atomic mass is 9.93. The van der Waals surface area contributed by atoms with Crippen molar-refractivity contribution in [1.82, 2.24) is 23.5 Å². The number of imide groups is 1. The molecule has 0 unspecified atom stereocenters. The molecule has 1 aromatic heterocycles. The molecule has 0 saturated carbocycles. The van der Waals surface area contributed by atoms with Gasteiger partial charge in [-0.1, -0.05) is 17.5 Å². The van der Waals surface area contributed by atoms with Gasteiger partial charge in [-0.2, -0.15) is 25.9 Å². The second kappa shape index (κ2) is 21.4. The summed E-state index contributed by atoms with van der Waals surface area (Å²) in [6.45, 7) is 2.35. The predicted molar refractivity (Wildman–Crippen MR) is 230 cm³/mol. The van der Waals surface area contributed by atoms with Crippen LogP contribution in [0.25, 0.3) is 5.69 Å². The van der Waals surface area contributed by atoms with E-state index in [1.54, 1.807) is 4.72 Å². The molecule has 0 saturated heterocycles. The highest BCUT2D eigenvalue weighted by Gasteiger charge is 2.42. The molecule has 21 nitrogen and oxygen atoms in total. The Morgan fingerprint density at radius 2 is 1.54 bits per heavy atom. The summed E-state index contributed by atoms with van der Waals surface area (Å²) in [4.78, 5) is 103. The minimum absolute atomic E-state index is 0.0170. The molecule has 5 N–H and O–H groups in total. The zero-order valence-corrected chi connectivity index (χ0v) is 38.4. The first-order valence-electron chi connectivity index (χ1n) is 19.4. The zero-order chi connectivity index (χ0) is 51.4. The maximum Gasteiger partial charge on any atom is 0.431 e. The third-order valence-electron chi connectivity index (χ3n) is 9.91. The van der Waals surface area contributed by atoms with Crippen molar-refractivity contribution in [3.8, 4) is 23.8 Å². The van der Waals surface area contributed by atoms with Crippen LogP contribution in [0.1, 0.15) is 55.6 Å². The van der Waals surface area contributed by atoms with Crippen LogP contribution in [-0.4, -0.2) is 105 Å². The van der Waals surface area contributed by atoms with Crippen molar-refractivity contribution in [2.75, 3.05) is 42.8 Å². The van der Waals surface area contributed by atoms with E-state index in [0.717, 1.165) is 35.2 Å². The number of anilines is 2. The van der Waals surface area contributed by atoms with Gasteiger partial charge < -0.3 is 19.6 Å². The molecule has 0 bridgehead atoms. The van der Waals surface area contributed by atoms with Crippen molar-refractivity contribution < 1.29 is 78.5 Å². The maximum atomic E-state index is 14.7. The number of halogens is 6. The van der Waals surface area contributed by atoms with Gasteiger partial charge in [0, 0.05) is 43.4 Å². The number of rotatable bonds is 11. The number of carboxylic acids is 1. The van der Waals surface area contributed by atoms with Crippen LogP contribution in [0.4, 0.5) is 33.3 Å². The second-order valence-corrected chi connectivity index (χ2v) is 18.7. The van der Waals surface area contributed by atoms with E-state index in [9.17, 15) is 68.5 Å². The molecule has 0 radical (unpaired) electrons. The van der Waals surface area contributed by atoms with Crippen LogP contribution in [0.5, 0.6) is 5.75 Å². The van der Waals surface area contributed by atoms with Gasteiger partial charge in [0.05, 0.1) is 47.0 Å². The average molecular weight is 1020 g/mol. The topological polar surface area (TPSA) is 284 Å². The molecule has 68 heavy (non-hydrogen) atoms. The number of fused-ring (bicyclic) bond motifs is 1. The molecule has 4 amide bonds. The standard InChI is InChI=1S/C19H15FN2O4.C17H17ClF4N4O5S.C3H8NO5P/c1-2-7-21-15-9-14(13(20)8-16(15)26-10-17(21)23)22-18(24)11-5-3-4-6-12(11)19(22)25;1-8(2)25(4)32(30,31)23-15(28)9-5-12(11(19)6-10(9)18)26-14(27)7-13(17(20,21)22)24(3)16(26)29;5-3(6)1-4-2-10(7,8)9/h1,8-9H,3-7,10H2;5-8H,1-4H3,(H,23,28);4H,1-2H2,(H,5,6)(H2,7,8,9). The van der Waals surface area contributed by atoms with Crippen molar-refractivity contribution in [3.05, 3.63) is 90.2 Å². The summed E-state index contributed by atoms with van der Waals surface area (Å²) in [7, 11) is -6.53. The van der Waals surface area contributed by atoms with Crippen molar-refractivity contribution in [3.63, 3.8) is 0 Å². The fourth-order valence-corrected chi connectivity index (χ4v) is 8.12. The predicted octanol–water partition coefficient (Wildman–Crippen LogP) is 2.39. The third kappa shape index (κ3) is 12.4. The molecule has 3 heterocycles. The summed E-state index contributed by atoms with van der Waals surface area (Å²) < 4.78 is 111. The number of nitrogens with one attached hydrogen (secondary N) is 2. The molecular formula is C39H40ClF5N7O14PS. The number of ether oxygens (including phenoxy) is 1. The van der Waals surface area contributed by atoms with Crippen LogP contribution >= 0.6 is 19.2 Å². The molecule has 3 aromatic rings. The Bertz CT molecular complexity index is 2900. The van der Waals surface area contributed by atoms with Crippen LogP contribution < -0.4 is 35.8 Å². The molecule has 2 aliphatic heterocycles. The zero-order valence-electron chi connectivity index (χ0n) is 35.9. The molecule has 6 rings (SSSR count). The van der Waals surface area contributed by atoms with E-state index in [4.69, 9.17) is 37.7 Å². The van der Waals surface area contributed by atoms with Gasteiger partial charge in [0.25, 0.3) is 29.2 Å². The number of nitrogens with zero attached hydrogens (tertiary/aromatic N) is 5. The van der Waals surface area contributed by atoms with E-state index in [0.29, 0.717) is 36.1 Å². The summed E-state index contributed by atoms with van der Waals surface area (Å²) in [5, 5.41) is 9.49. The number of benzene rings is 2. The molecule has 3 aliphatic rings. The summed E-state index contributed by atoms with van der Waals surface area (Å²) in [5.74, 6) is -3.37. The van der Waals surface area contributed by atoms with Gasteiger partial charge in [-0.15, -0.1) is 6.42 Å². The van der Waals surface area contributed by atoms with Gasteiger partial charge in [-0.05, 0) is 57.7 Å². The number of hydrogen-bond acceptors (Lipinski definition) is 12. The highest BCUT2D eigenvalue weighted by Crippen LogP contribution is 2.42. The van der Waals surface area contributed by atoms with Crippen molar-refractivity contribution >= 4 is 70.4 Å². The molecule has 368 valence electrons. The highest BCUT2D eigenvalue weighted by atomic mass is 35.5. The number of aromatic nitrogens is 2. The Morgan fingerprint density at radius 3 is 2.06 bits per heavy atom. The lowest BCUT2D eigenvalue weighted by Crippen LogP contribution is -2.44. The van der Waals surface area contributed by atoms with E-state index in [1.807, 2.05) is 0 Å². The second-order valence-electron chi connectivity index (χ2n) is 14.9. The number of hydrogen-bond donors (Lipinski definition) is 5. The Morgan fingerprint density at radius 1 is 0.971 bits per heavy atom. The number of carboxylic acid groups (broad SMARTS) is 1. The van der Waals surface area contributed by atoms with E-state index in [-0.39, 0.29) is 51.4 Å². The first-order valence-corrected chi connectivity index (χ1v) is 23.0. The van der Waals surface area contributed by atoms with Gasteiger partial charge in [0.15, 0.2) is 12.4 Å². The minimum Gasteiger partial charge on any atom is -0.481 e. The van der Waals surface area contributed by atoms with Crippen molar-refractivity contribution in [2.24, 2.45) is 7.05 Å². The summed E-state index contributed by atoms with van der Waals surface area (Å²) in [5.41, 5.74) is -5.19. The first kappa shape index (κ1) is 54.3. The van der Waals surface area contributed by atoms with E-state index in [1.165, 1.54) is 31.9 Å². The van der Waals surface area contributed by atoms with Crippen molar-refractivity contribution in [1.29, 1.82) is 0 Å². The molecule has 29 heteroatoms. The molecule has 1 aliphatic carbocycles. The lowest BCUT2D eigenvalue weighted by molar-refractivity contribution is -0.144. The third-order valence-corrected chi connectivity index (χ3v) is 12.5. The molecule has 0 spiro atoms. The Balaban J connectivity index is 0.000000250. The number of carbonyl (C=O) groups is 5. The van der Waals surface area contributed by atoms with E-state index in [2.05, 4.69) is 11.2 Å². The van der Waals surface area contributed by atoms with Crippen LogP contribution in [-0.2, 0) is 47.2 Å². The Hall–Kier alpha value is -6.27. The number of alkyl halides is 3. The highest BCUT2D eigenvalue weighted by molar-refractivity contribution is 7.87. The molecule has 2 aromatic carbocycles. The van der Waals surface area contributed by atoms with Crippen LogP contribution in [0.2, 0.25) is 5.02 Å². The van der Waals surface area contributed by atoms with Crippen LogP contribution in [0.15, 0.2) is 51.1 Å². The van der Waals surface area contributed by atoms with Gasteiger partial charge in [0.1, 0.15) is 17.3 Å². The van der Waals surface area contributed by atoms with Crippen LogP contribution in [0.3, 0.4) is 0 Å². The first-order chi connectivity index (χ1) is 31.4. The summed E-state index contributed by atoms with van der Waals surface area (Å²) >= 11 is 5.82. The fraction of sp³-hybridized carbons (Fsp3) is 0.359. The van der Waals surface area contributed by atoms with Crippen molar-refractivity contribution in [2.45, 2.75) is 51.7 Å². The van der Waals surface area contributed by atoms with E-state index >= 15 is 0 Å². The Kier molecular flexibility index (Phi) is 17.1. The monoisotopic (exact) mass is 1020 g/mol. The quantitative estimate of drug-likeness (QED) is 0.0798. The number of terminal acetylenes is 1. The maximum absolute atomic E-state index is 14.7. The largest absolute Gasteiger partial charge is 0.481 e. The molecule has 0 atom stereocenters. The molecule has 0 fully saturated rings. The smallest absolute Gasteiger partial charge is 0.431 e. The normalized spacial score (nSPS) is 14.9. The van der Waals surface area contributed by atoms with Gasteiger partial charge >= 0.3 is 35.6 Å². The van der Waals surface area contributed by atoms with Crippen LogP contribution in [0, 0.1) is 24.0 Å². The van der Waals surface area contributed by atoms with Gasteiger partial charge in [-0.25, -0.2) is 27.8 Å². The molecular weight excluding hydrogens is 984 g/mol. The SMILES string of the molecule is C#CCN1C(=O)COc2cc(F)c(N3C(=O)C4=C(CCCC4)C3=O)cc21.CC(C)N(C)S(=O)(=O)NC(=O)c1cc(-n2c(=O)cc(C(F)(F)F)n(C)c2=O)c(F)cc1Cl.O=C(O)CNCP(=O)(O)O. The number of amides is 4. The summed E-state index contributed by atoms with van der Waals surface area (Å²) in [6, 6.07) is 3.03. The van der Waals surface area contributed by atoms with E-state index < -0.39 is 111 Å². The fourth-order valence-electron chi connectivity index (χ4n) is 6.44. The lowest BCUT2D eigenvalue weighted by Gasteiger charge is -2.29. The average Bonchev–Trinajstić information content (AvgIpc) is 3.48. The Labute approximate surface area is 387 Å². The van der Waals surface area contributed by atoms with Gasteiger partial charge in [-0.3, -0.25) is 48.1 Å². The van der Waals surface area contributed by atoms with Gasteiger partial charge in [0.2, 0.25) is 0 Å². The number of carbonyl (C=O) groups excluding carboxylic acids is 4. The number of aliphatic carboxylic acids is 1.